The second-order valence-corrected chi connectivity index (χ2v) is 16.6. The molecule has 0 radical (unpaired) electrons. The quantitative estimate of drug-likeness (QED) is 0.0863. The number of aliphatic hydroxyl groups excluding tert-OH is 1. The average molecular weight is 1140 g/mol. The molecule has 24 nitrogen and oxygen atoms in total. The summed E-state index contributed by atoms with van der Waals surface area (Å²) < 4.78 is 126. The Balaban J connectivity index is 3.08. The highest BCUT2D eigenvalue weighted by atomic mass is 16.6. The van der Waals surface area contributed by atoms with E-state index in [9.17, 15) is 0 Å². The summed E-state index contributed by atoms with van der Waals surface area (Å²) in [4.78, 5) is 0. The van der Waals surface area contributed by atoms with Gasteiger partial charge in [0.25, 0.3) is 0 Å². The summed E-state index contributed by atoms with van der Waals surface area (Å²) in [6.07, 6.45) is 7.64. The Morgan fingerprint density at radius 3 is 0.397 bits per heavy atom. The molecule has 0 aliphatic heterocycles. The van der Waals surface area contributed by atoms with Crippen molar-refractivity contribution in [3.8, 4) is 0 Å². The zero-order valence-electron chi connectivity index (χ0n) is 48.3. The summed E-state index contributed by atoms with van der Waals surface area (Å²) in [6, 6.07) is 0. The third-order valence-electron chi connectivity index (χ3n) is 10.1. The first-order valence-corrected chi connectivity index (χ1v) is 28.8. The summed E-state index contributed by atoms with van der Waals surface area (Å²) in [5.41, 5.74) is 0. The van der Waals surface area contributed by atoms with Crippen molar-refractivity contribution in [2.75, 3.05) is 311 Å². The molecule has 0 atom stereocenters. The van der Waals surface area contributed by atoms with Crippen molar-refractivity contribution in [1.29, 1.82) is 0 Å². The molecule has 1 N–H and O–H groups in total. The predicted octanol–water partition coefficient (Wildman–Crippen LogP) is 2.72. The molecule has 78 heavy (non-hydrogen) atoms. The fraction of sp³-hybridized carbons (Fsp3) is 1.00. The van der Waals surface area contributed by atoms with Gasteiger partial charge < -0.3 is 114 Å². The van der Waals surface area contributed by atoms with E-state index < -0.39 is 0 Å². The van der Waals surface area contributed by atoms with Crippen LogP contribution < -0.4 is 0 Å². The highest BCUT2D eigenvalue weighted by molar-refractivity contribution is 4.45. The lowest BCUT2D eigenvalue weighted by Crippen LogP contribution is -2.16. The van der Waals surface area contributed by atoms with Crippen LogP contribution in [0.1, 0.15) is 45.4 Å². The minimum Gasteiger partial charge on any atom is -0.394 e. The molecule has 0 saturated carbocycles. The molecule has 0 aliphatic carbocycles. The van der Waals surface area contributed by atoms with Crippen LogP contribution in [0.3, 0.4) is 0 Å². The number of hydrogen-bond acceptors (Lipinski definition) is 24. The zero-order chi connectivity index (χ0) is 55.7. The van der Waals surface area contributed by atoms with Gasteiger partial charge in [-0.25, -0.2) is 0 Å². The highest BCUT2D eigenvalue weighted by Crippen LogP contribution is 2.05. The van der Waals surface area contributed by atoms with Crippen molar-refractivity contribution in [2.45, 2.75) is 45.4 Å². The largest absolute Gasteiger partial charge is 0.394 e. The Morgan fingerprint density at radius 1 is 0.141 bits per heavy atom. The van der Waals surface area contributed by atoms with Gasteiger partial charge in [0.1, 0.15) is 0 Å². The van der Waals surface area contributed by atoms with Gasteiger partial charge in [-0.05, 0) is 6.42 Å². The molecule has 0 unspecified atom stereocenters. The maximum absolute atomic E-state index is 8.61. The summed E-state index contributed by atoms with van der Waals surface area (Å²) in [7, 11) is 0. The van der Waals surface area contributed by atoms with E-state index in [0.717, 1.165) is 13.0 Å². The summed E-state index contributed by atoms with van der Waals surface area (Å²) in [5.74, 6) is 0. The fourth-order valence-corrected chi connectivity index (χ4v) is 5.99. The van der Waals surface area contributed by atoms with Gasteiger partial charge >= 0.3 is 0 Å². The third-order valence-corrected chi connectivity index (χ3v) is 10.1. The monoisotopic (exact) mass is 1140 g/mol. The van der Waals surface area contributed by atoms with E-state index >= 15 is 0 Å². The molecule has 0 fully saturated rings. The normalized spacial score (nSPS) is 11.8. The van der Waals surface area contributed by atoms with Crippen molar-refractivity contribution in [1.82, 2.24) is 0 Å². The summed E-state index contributed by atoms with van der Waals surface area (Å²) in [6.45, 7) is 25.5. The molecule has 0 aromatic rings. The smallest absolute Gasteiger partial charge is 0.0701 e. The number of rotatable bonds is 75. The second-order valence-electron chi connectivity index (χ2n) is 16.6. The zero-order valence-corrected chi connectivity index (χ0v) is 48.3. The Hall–Kier alpha value is -0.960. The van der Waals surface area contributed by atoms with Gasteiger partial charge in [0.05, 0.1) is 304 Å². The van der Waals surface area contributed by atoms with E-state index in [2.05, 4.69) is 6.92 Å². The molecule has 0 rings (SSSR count). The van der Waals surface area contributed by atoms with Gasteiger partial charge in [-0.3, -0.25) is 0 Å². The van der Waals surface area contributed by atoms with E-state index in [-0.39, 0.29) is 6.61 Å². The number of hydrogen-bond donors (Lipinski definition) is 1. The molecular formula is C54H110O24. The van der Waals surface area contributed by atoms with E-state index in [1.165, 1.54) is 32.1 Å². The Labute approximate surface area is 468 Å². The first-order valence-electron chi connectivity index (χ1n) is 28.8. The van der Waals surface area contributed by atoms with Crippen molar-refractivity contribution in [2.24, 2.45) is 0 Å². The van der Waals surface area contributed by atoms with Gasteiger partial charge in [-0.2, -0.15) is 0 Å². The van der Waals surface area contributed by atoms with Crippen molar-refractivity contribution < 1.29 is 114 Å². The van der Waals surface area contributed by atoms with Crippen molar-refractivity contribution in [3.63, 3.8) is 0 Å². The first kappa shape index (κ1) is 77.0. The van der Waals surface area contributed by atoms with Crippen LogP contribution in [0, 0.1) is 0 Å². The molecule has 0 heterocycles. The van der Waals surface area contributed by atoms with Gasteiger partial charge in [0.15, 0.2) is 0 Å². The van der Waals surface area contributed by atoms with Gasteiger partial charge in [-0.1, -0.05) is 39.0 Å². The SMILES string of the molecule is CCCCCCCCOCCOCCOCCOCCOCCOCCOCCOCCOCCOCCOCCOCCOCCOCCOCCOCCOCCOCCOCCOCCOCCOCCOCCO. The van der Waals surface area contributed by atoms with E-state index in [0.29, 0.717) is 297 Å². The van der Waals surface area contributed by atoms with Crippen LogP contribution in [0.15, 0.2) is 0 Å². The summed E-state index contributed by atoms with van der Waals surface area (Å²) >= 11 is 0. The number of unbranched alkanes of at least 4 members (excludes halogenated alkanes) is 5. The Kier molecular flexibility index (Phi) is 75.1. The molecule has 24 heteroatoms. The molecule has 0 amide bonds. The van der Waals surface area contributed by atoms with Crippen molar-refractivity contribution in [3.05, 3.63) is 0 Å². The van der Waals surface area contributed by atoms with E-state index in [4.69, 9.17) is 114 Å². The number of aliphatic hydroxyl groups is 1. The first-order chi connectivity index (χ1) is 38.9. The van der Waals surface area contributed by atoms with Crippen LogP contribution in [-0.2, 0) is 109 Å². The van der Waals surface area contributed by atoms with E-state index in [1.807, 2.05) is 0 Å². The molecule has 0 aliphatic rings. The molecule has 0 spiro atoms. The maximum Gasteiger partial charge on any atom is 0.0701 e. The molecule has 0 aromatic carbocycles. The standard InChI is InChI=1S/C54H110O24/c1-2-3-4-5-6-7-9-56-11-13-58-15-17-60-19-21-62-23-25-64-27-29-66-31-33-68-35-37-70-39-41-72-43-45-74-47-49-76-51-53-78-54-52-77-50-48-75-46-44-73-42-40-71-38-36-69-34-32-67-30-28-65-26-24-63-22-20-61-18-16-59-14-12-57-10-8-55/h55H,2-54H2,1H3. The van der Waals surface area contributed by atoms with Gasteiger partial charge in [0.2, 0.25) is 0 Å². The second kappa shape index (κ2) is 76.0. The van der Waals surface area contributed by atoms with E-state index in [1.54, 1.807) is 0 Å². The lowest BCUT2D eigenvalue weighted by Gasteiger charge is -2.09. The van der Waals surface area contributed by atoms with Crippen LogP contribution in [0.2, 0.25) is 0 Å². The number of ether oxygens (including phenoxy) is 23. The topological polar surface area (TPSA) is 233 Å². The minimum absolute atomic E-state index is 0.0188. The molecule has 0 bridgehead atoms. The fourth-order valence-electron chi connectivity index (χ4n) is 5.99. The van der Waals surface area contributed by atoms with Crippen LogP contribution >= 0.6 is 0 Å². The van der Waals surface area contributed by atoms with Gasteiger partial charge in [0, 0.05) is 6.61 Å². The molecular weight excluding hydrogens is 1030 g/mol. The third kappa shape index (κ3) is 75.0. The molecule has 470 valence electrons. The molecule has 0 aromatic heterocycles. The lowest BCUT2D eigenvalue weighted by atomic mass is 10.1. The predicted molar refractivity (Wildman–Crippen MR) is 289 cm³/mol. The summed E-state index contributed by atoms with van der Waals surface area (Å²) in [5, 5.41) is 8.61. The van der Waals surface area contributed by atoms with Crippen molar-refractivity contribution >= 4 is 0 Å². The highest BCUT2D eigenvalue weighted by Gasteiger charge is 2.00. The maximum atomic E-state index is 8.61. The Morgan fingerprint density at radius 2 is 0.256 bits per heavy atom. The lowest BCUT2D eigenvalue weighted by molar-refractivity contribution is -0.0319. The van der Waals surface area contributed by atoms with Crippen LogP contribution in [0.4, 0.5) is 0 Å². The molecule has 0 saturated heterocycles. The van der Waals surface area contributed by atoms with Crippen LogP contribution in [0.5, 0.6) is 0 Å². The minimum atomic E-state index is 0.0188. The Bertz CT molecular complexity index is 943. The van der Waals surface area contributed by atoms with Gasteiger partial charge in [-0.15, -0.1) is 0 Å². The van der Waals surface area contributed by atoms with Crippen LogP contribution in [-0.4, -0.2) is 316 Å². The average Bonchev–Trinajstić information content (AvgIpc) is 3.45. The van der Waals surface area contributed by atoms with Crippen LogP contribution in [0.25, 0.3) is 0 Å².